The molecule has 0 saturated carbocycles. The fraction of sp³-hybridized carbons (Fsp3) is 0.222. The molecule has 0 amide bonds. The van der Waals surface area contributed by atoms with Gasteiger partial charge in [-0.25, -0.2) is 0 Å². The topological polar surface area (TPSA) is 33.0 Å². The molecular formula is C9H8INO. The molecule has 0 heterocycles. The van der Waals surface area contributed by atoms with Crippen LogP contribution < -0.4 is 4.74 Å². The molecule has 3 heteroatoms. The Balaban J connectivity index is 2.43. The van der Waals surface area contributed by atoms with Gasteiger partial charge in [0.25, 0.3) is 0 Å². The van der Waals surface area contributed by atoms with Crippen LogP contribution in [0.5, 0.6) is 5.75 Å². The zero-order valence-corrected chi connectivity index (χ0v) is 8.61. The summed E-state index contributed by atoms with van der Waals surface area (Å²) in [6.07, 6.45) is 0.436. The van der Waals surface area contributed by atoms with E-state index in [4.69, 9.17) is 10.00 Å². The summed E-state index contributed by atoms with van der Waals surface area (Å²) in [5.74, 6) is 0.825. The number of halogens is 1. The normalized spacial score (nSPS) is 9.00. The number of nitrogens with zero attached hydrogens (tertiary/aromatic N) is 1. The first-order valence-corrected chi connectivity index (χ1v) is 4.66. The van der Waals surface area contributed by atoms with Gasteiger partial charge in [-0.3, -0.25) is 0 Å². The molecule has 0 aliphatic carbocycles. The van der Waals surface area contributed by atoms with Crippen molar-refractivity contribution in [2.45, 2.75) is 6.42 Å². The van der Waals surface area contributed by atoms with E-state index in [0.29, 0.717) is 13.0 Å². The standard InChI is InChI=1S/C9H8INO/c10-8-2-4-9(5-3-8)12-7-1-6-11/h2-5H,1,7H2. The minimum atomic E-state index is 0.436. The van der Waals surface area contributed by atoms with Crippen molar-refractivity contribution >= 4 is 22.6 Å². The number of rotatable bonds is 3. The van der Waals surface area contributed by atoms with Gasteiger partial charge < -0.3 is 4.74 Å². The maximum absolute atomic E-state index is 8.26. The van der Waals surface area contributed by atoms with Gasteiger partial charge in [-0.2, -0.15) is 5.26 Å². The fourth-order valence-electron chi connectivity index (χ4n) is 0.745. The first-order valence-electron chi connectivity index (χ1n) is 3.58. The van der Waals surface area contributed by atoms with Crippen molar-refractivity contribution in [1.29, 1.82) is 5.26 Å². The molecule has 0 saturated heterocycles. The van der Waals surface area contributed by atoms with E-state index in [2.05, 4.69) is 22.6 Å². The fourth-order valence-corrected chi connectivity index (χ4v) is 1.10. The number of nitriles is 1. The zero-order chi connectivity index (χ0) is 8.81. The van der Waals surface area contributed by atoms with Gasteiger partial charge in [-0.15, -0.1) is 0 Å². The Kier molecular flexibility index (Phi) is 3.88. The van der Waals surface area contributed by atoms with Gasteiger partial charge >= 0.3 is 0 Å². The number of ether oxygens (including phenoxy) is 1. The molecule has 0 atom stereocenters. The summed E-state index contributed by atoms with van der Waals surface area (Å²) in [5, 5.41) is 8.26. The van der Waals surface area contributed by atoms with E-state index in [0.717, 1.165) is 5.75 Å². The molecule has 12 heavy (non-hydrogen) atoms. The highest BCUT2D eigenvalue weighted by Crippen LogP contribution is 2.13. The Morgan fingerprint density at radius 1 is 1.33 bits per heavy atom. The molecule has 0 radical (unpaired) electrons. The second kappa shape index (κ2) is 4.99. The third-order valence-electron chi connectivity index (χ3n) is 1.30. The van der Waals surface area contributed by atoms with Gasteiger partial charge in [0.1, 0.15) is 12.4 Å². The molecule has 0 unspecified atom stereocenters. The molecule has 0 aliphatic heterocycles. The van der Waals surface area contributed by atoms with Gasteiger partial charge in [0.15, 0.2) is 0 Å². The molecule has 62 valence electrons. The summed E-state index contributed by atoms with van der Waals surface area (Å²) >= 11 is 2.23. The Morgan fingerprint density at radius 2 is 2.00 bits per heavy atom. The maximum atomic E-state index is 8.26. The SMILES string of the molecule is N#CCCOc1ccc(I)cc1. The van der Waals surface area contributed by atoms with Crippen LogP contribution in [0.3, 0.4) is 0 Å². The molecule has 1 aromatic carbocycles. The summed E-state index contributed by atoms with van der Waals surface area (Å²) in [6, 6.07) is 9.78. The molecule has 0 aliphatic rings. The van der Waals surface area contributed by atoms with Crippen molar-refractivity contribution in [3.63, 3.8) is 0 Å². The number of hydrogen-bond donors (Lipinski definition) is 0. The zero-order valence-electron chi connectivity index (χ0n) is 6.46. The molecule has 0 N–H and O–H groups in total. The smallest absolute Gasteiger partial charge is 0.119 e. The van der Waals surface area contributed by atoms with Crippen molar-refractivity contribution < 1.29 is 4.74 Å². The van der Waals surface area contributed by atoms with E-state index >= 15 is 0 Å². The van der Waals surface area contributed by atoms with Crippen LogP contribution in [0, 0.1) is 14.9 Å². The van der Waals surface area contributed by atoms with Crippen LogP contribution >= 0.6 is 22.6 Å². The van der Waals surface area contributed by atoms with Gasteiger partial charge in [-0.1, -0.05) is 0 Å². The average molecular weight is 273 g/mol. The quantitative estimate of drug-likeness (QED) is 0.626. The van der Waals surface area contributed by atoms with Crippen LogP contribution in [0.4, 0.5) is 0 Å². The average Bonchev–Trinajstić information content (AvgIpc) is 2.09. The highest BCUT2D eigenvalue weighted by molar-refractivity contribution is 14.1. The van der Waals surface area contributed by atoms with Crippen LogP contribution in [-0.2, 0) is 0 Å². The van der Waals surface area contributed by atoms with E-state index in [1.165, 1.54) is 3.57 Å². The predicted octanol–water partition coefficient (Wildman–Crippen LogP) is 2.58. The van der Waals surface area contributed by atoms with Gasteiger partial charge in [0, 0.05) is 3.57 Å². The number of benzene rings is 1. The molecule has 1 aromatic rings. The molecular weight excluding hydrogens is 265 g/mol. The molecule has 2 nitrogen and oxygen atoms in total. The lowest BCUT2D eigenvalue weighted by Crippen LogP contribution is -1.95. The summed E-state index contributed by atoms with van der Waals surface area (Å²) in [4.78, 5) is 0. The molecule has 0 aromatic heterocycles. The van der Waals surface area contributed by atoms with Crippen LogP contribution in [-0.4, -0.2) is 6.61 Å². The van der Waals surface area contributed by atoms with E-state index in [1.54, 1.807) is 0 Å². The largest absolute Gasteiger partial charge is 0.493 e. The third-order valence-corrected chi connectivity index (χ3v) is 2.02. The second-order valence-electron chi connectivity index (χ2n) is 2.21. The highest BCUT2D eigenvalue weighted by atomic mass is 127. The van der Waals surface area contributed by atoms with Crippen molar-refractivity contribution in [3.8, 4) is 11.8 Å². The molecule has 0 spiro atoms. The summed E-state index contributed by atoms with van der Waals surface area (Å²) in [7, 11) is 0. The van der Waals surface area contributed by atoms with Crippen LogP contribution in [0.2, 0.25) is 0 Å². The first-order chi connectivity index (χ1) is 5.83. The van der Waals surface area contributed by atoms with Crippen molar-refractivity contribution in [3.05, 3.63) is 27.8 Å². The Morgan fingerprint density at radius 3 is 2.58 bits per heavy atom. The van der Waals surface area contributed by atoms with Gasteiger partial charge in [0.05, 0.1) is 12.5 Å². The molecule has 0 bridgehead atoms. The predicted molar refractivity (Wildman–Crippen MR) is 54.9 cm³/mol. The van der Waals surface area contributed by atoms with Gasteiger partial charge in [-0.05, 0) is 46.9 Å². The Hall–Kier alpha value is -0.760. The van der Waals surface area contributed by atoms with Crippen molar-refractivity contribution in [2.75, 3.05) is 6.61 Å². The van der Waals surface area contributed by atoms with Crippen molar-refractivity contribution in [2.24, 2.45) is 0 Å². The maximum Gasteiger partial charge on any atom is 0.119 e. The van der Waals surface area contributed by atoms with Crippen LogP contribution in [0.25, 0.3) is 0 Å². The lowest BCUT2D eigenvalue weighted by Gasteiger charge is -2.02. The van der Waals surface area contributed by atoms with Crippen LogP contribution in [0.1, 0.15) is 6.42 Å². The molecule has 1 rings (SSSR count). The monoisotopic (exact) mass is 273 g/mol. The summed E-state index contributed by atoms with van der Waals surface area (Å²) in [5.41, 5.74) is 0. The number of hydrogen-bond acceptors (Lipinski definition) is 2. The summed E-state index contributed by atoms with van der Waals surface area (Å²) < 4.78 is 6.46. The minimum Gasteiger partial charge on any atom is -0.493 e. The van der Waals surface area contributed by atoms with E-state index in [-0.39, 0.29) is 0 Å². The summed E-state index contributed by atoms with van der Waals surface area (Å²) in [6.45, 7) is 0.469. The lowest BCUT2D eigenvalue weighted by atomic mass is 10.3. The Labute approximate surface area is 85.3 Å². The highest BCUT2D eigenvalue weighted by Gasteiger charge is 1.91. The minimum absolute atomic E-state index is 0.436. The van der Waals surface area contributed by atoms with E-state index < -0.39 is 0 Å². The van der Waals surface area contributed by atoms with Crippen LogP contribution in [0.15, 0.2) is 24.3 Å². The second-order valence-corrected chi connectivity index (χ2v) is 3.46. The first kappa shape index (κ1) is 9.33. The van der Waals surface area contributed by atoms with E-state index in [1.807, 2.05) is 30.3 Å². The molecule has 0 fully saturated rings. The third kappa shape index (κ3) is 3.09. The Bertz CT molecular complexity index is 276. The lowest BCUT2D eigenvalue weighted by molar-refractivity contribution is 0.326. The van der Waals surface area contributed by atoms with Crippen molar-refractivity contribution in [1.82, 2.24) is 0 Å². The van der Waals surface area contributed by atoms with Gasteiger partial charge in [0.2, 0.25) is 0 Å². The van der Waals surface area contributed by atoms with E-state index in [9.17, 15) is 0 Å².